The van der Waals surface area contributed by atoms with Crippen LogP contribution in [0.1, 0.15) is 18.4 Å². The molecule has 0 fully saturated rings. The second-order valence-corrected chi connectivity index (χ2v) is 6.74. The number of nitrogens with zero attached hydrogens (tertiary/aromatic N) is 4. The van der Waals surface area contributed by atoms with Crippen LogP contribution in [0.4, 0.5) is 0 Å². The molecule has 1 N–H and O–H groups in total. The minimum Gasteiger partial charge on any atom is -0.353 e. The van der Waals surface area contributed by atoms with Crippen molar-refractivity contribution in [1.82, 2.24) is 14.9 Å². The lowest BCUT2D eigenvalue weighted by molar-refractivity contribution is -0.130. The highest BCUT2D eigenvalue weighted by atomic mass is 35.5. The van der Waals surface area contributed by atoms with Crippen LogP contribution in [0.25, 0.3) is 22.3 Å². The first kappa shape index (κ1) is 19.4. The number of carbonyl (C=O) groups is 1. The van der Waals surface area contributed by atoms with Crippen LogP contribution in [0, 0.1) is 22.7 Å². The van der Waals surface area contributed by atoms with Gasteiger partial charge in [0.2, 0.25) is 5.91 Å². The summed E-state index contributed by atoms with van der Waals surface area (Å²) in [5, 5.41) is 19.3. The third-order valence-electron chi connectivity index (χ3n) is 4.48. The Balaban J connectivity index is 1.84. The monoisotopic (exact) mass is 391 g/mol. The standard InChI is InChI=1S/C21H18ClN5O/c22-15-7-8-18-17(14-15)16(21(26-18)19-5-1-2-11-25-19)4-3-6-20(28)27(12-9-23)13-10-24/h1-2,5,7-8,11,14,26H,3-4,6,12-13H2. The number of nitrogens with one attached hydrogen (secondary N) is 1. The van der Waals surface area contributed by atoms with Crippen molar-refractivity contribution in [2.45, 2.75) is 19.3 Å². The van der Waals surface area contributed by atoms with Gasteiger partial charge in [-0.1, -0.05) is 17.7 Å². The van der Waals surface area contributed by atoms with Gasteiger partial charge in [0, 0.05) is 28.5 Å². The minimum atomic E-state index is -0.194. The molecule has 0 aliphatic carbocycles. The number of H-pyrrole nitrogens is 1. The number of pyridine rings is 1. The zero-order valence-electron chi connectivity index (χ0n) is 15.2. The molecule has 0 bridgehead atoms. The van der Waals surface area contributed by atoms with E-state index in [1.807, 2.05) is 48.5 Å². The summed E-state index contributed by atoms with van der Waals surface area (Å²) in [5.41, 5.74) is 3.75. The van der Waals surface area contributed by atoms with Crippen molar-refractivity contribution in [3.05, 3.63) is 53.2 Å². The minimum absolute atomic E-state index is 0.0751. The topological polar surface area (TPSA) is 96.6 Å². The molecule has 0 spiro atoms. The van der Waals surface area contributed by atoms with E-state index in [9.17, 15) is 4.79 Å². The van der Waals surface area contributed by atoms with Crippen LogP contribution in [-0.4, -0.2) is 33.9 Å². The molecule has 2 aromatic heterocycles. The Kier molecular flexibility index (Phi) is 6.26. The zero-order valence-corrected chi connectivity index (χ0v) is 15.9. The second kappa shape index (κ2) is 9.03. The molecule has 6 nitrogen and oxygen atoms in total. The Labute approximate surface area is 168 Å². The molecular formula is C21H18ClN5O. The molecule has 0 unspecified atom stereocenters. The molecule has 2 heterocycles. The normalized spacial score (nSPS) is 10.4. The number of amides is 1. The van der Waals surface area contributed by atoms with Crippen LogP contribution < -0.4 is 0 Å². The number of hydrogen-bond acceptors (Lipinski definition) is 4. The van der Waals surface area contributed by atoms with Crippen LogP contribution in [0.2, 0.25) is 5.02 Å². The van der Waals surface area contributed by atoms with Gasteiger partial charge in [0.25, 0.3) is 0 Å². The number of carbonyl (C=O) groups excluding carboxylic acids is 1. The molecule has 1 aromatic carbocycles. The third kappa shape index (κ3) is 4.31. The largest absolute Gasteiger partial charge is 0.353 e. The molecule has 0 saturated heterocycles. The molecular weight excluding hydrogens is 374 g/mol. The van der Waals surface area contributed by atoms with Gasteiger partial charge in [0.15, 0.2) is 0 Å². The Morgan fingerprint density at radius 2 is 1.96 bits per heavy atom. The zero-order chi connectivity index (χ0) is 19.9. The van der Waals surface area contributed by atoms with Crippen molar-refractivity contribution in [1.29, 1.82) is 10.5 Å². The highest BCUT2D eigenvalue weighted by molar-refractivity contribution is 6.31. The van der Waals surface area contributed by atoms with Gasteiger partial charge in [0.1, 0.15) is 13.1 Å². The van der Waals surface area contributed by atoms with Gasteiger partial charge in [-0.15, -0.1) is 0 Å². The van der Waals surface area contributed by atoms with Crippen molar-refractivity contribution >= 4 is 28.4 Å². The second-order valence-electron chi connectivity index (χ2n) is 6.30. The van der Waals surface area contributed by atoms with Gasteiger partial charge in [-0.25, -0.2) is 0 Å². The van der Waals surface area contributed by atoms with Gasteiger partial charge in [0.05, 0.1) is 23.5 Å². The van der Waals surface area contributed by atoms with Crippen molar-refractivity contribution < 1.29 is 4.79 Å². The summed E-state index contributed by atoms with van der Waals surface area (Å²) in [6, 6.07) is 15.2. The first-order valence-corrected chi connectivity index (χ1v) is 9.25. The van der Waals surface area contributed by atoms with Crippen molar-refractivity contribution in [3.8, 4) is 23.5 Å². The molecule has 0 aliphatic heterocycles. The number of hydrogen-bond donors (Lipinski definition) is 1. The van der Waals surface area contributed by atoms with Crippen LogP contribution >= 0.6 is 11.6 Å². The average Bonchev–Trinajstić information content (AvgIpc) is 3.06. The SMILES string of the molecule is N#CCN(CC#N)C(=O)CCCc1c(-c2ccccn2)[nH]c2ccc(Cl)cc12. The molecule has 3 rings (SSSR count). The molecule has 140 valence electrons. The number of aromatic amines is 1. The molecule has 0 saturated carbocycles. The first-order valence-electron chi connectivity index (χ1n) is 8.87. The smallest absolute Gasteiger partial charge is 0.224 e. The fourth-order valence-electron chi connectivity index (χ4n) is 3.19. The number of nitriles is 2. The van der Waals surface area contributed by atoms with E-state index in [-0.39, 0.29) is 25.4 Å². The highest BCUT2D eigenvalue weighted by Gasteiger charge is 2.17. The van der Waals surface area contributed by atoms with E-state index < -0.39 is 0 Å². The molecule has 7 heteroatoms. The van der Waals surface area contributed by atoms with E-state index in [1.165, 1.54) is 4.90 Å². The predicted molar refractivity (Wildman–Crippen MR) is 107 cm³/mol. The van der Waals surface area contributed by atoms with Crippen molar-refractivity contribution in [3.63, 3.8) is 0 Å². The van der Waals surface area contributed by atoms with Crippen LogP contribution in [0.5, 0.6) is 0 Å². The summed E-state index contributed by atoms with van der Waals surface area (Å²) in [4.78, 5) is 21.4. The molecule has 0 aliphatic rings. The van der Waals surface area contributed by atoms with Crippen LogP contribution in [0.3, 0.4) is 0 Å². The summed E-state index contributed by atoms with van der Waals surface area (Å²) >= 11 is 6.19. The van der Waals surface area contributed by atoms with Crippen molar-refractivity contribution in [2.24, 2.45) is 0 Å². The maximum absolute atomic E-state index is 12.3. The summed E-state index contributed by atoms with van der Waals surface area (Å²) in [6.45, 7) is -0.150. The Hall–Kier alpha value is -3.35. The van der Waals surface area contributed by atoms with Crippen LogP contribution in [-0.2, 0) is 11.2 Å². The van der Waals surface area contributed by atoms with Gasteiger partial charge >= 0.3 is 0 Å². The van der Waals surface area contributed by atoms with E-state index in [4.69, 9.17) is 22.1 Å². The maximum Gasteiger partial charge on any atom is 0.224 e. The molecule has 3 aromatic rings. The van der Waals surface area contributed by atoms with Crippen LogP contribution in [0.15, 0.2) is 42.6 Å². The van der Waals surface area contributed by atoms with E-state index in [1.54, 1.807) is 6.20 Å². The summed E-state index contributed by atoms with van der Waals surface area (Å²) in [6.07, 6.45) is 3.23. The van der Waals surface area contributed by atoms with Gasteiger partial charge in [-0.3, -0.25) is 9.78 Å². The summed E-state index contributed by atoms with van der Waals surface area (Å²) < 4.78 is 0. The van der Waals surface area contributed by atoms with Gasteiger partial charge < -0.3 is 9.88 Å². The highest BCUT2D eigenvalue weighted by Crippen LogP contribution is 2.32. The first-order chi connectivity index (χ1) is 13.6. The average molecular weight is 392 g/mol. The molecule has 28 heavy (non-hydrogen) atoms. The summed E-state index contributed by atoms with van der Waals surface area (Å²) in [7, 11) is 0. The van der Waals surface area contributed by atoms with E-state index in [0.717, 1.165) is 27.9 Å². The Morgan fingerprint density at radius 3 is 2.64 bits per heavy atom. The Bertz CT molecular complexity index is 1050. The lowest BCUT2D eigenvalue weighted by Gasteiger charge is -2.15. The van der Waals surface area contributed by atoms with Gasteiger partial charge in [-0.2, -0.15) is 10.5 Å². The molecule has 1 amide bonds. The number of halogens is 1. The quantitative estimate of drug-likeness (QED) is 0.613. The maximum atomic E-state index is 12.3. The number of rotatable bonds is 7. The fourth-order valence-corrected chi connectivity index (χ4v) is 3.36. The summed E-state index contributed by atoms with van der Waals surface area (Å²) in [5.74, 6) is -0.194. The lowest BCUT2D eigenvalue weighted by atomic mass is 10.0. The van der Waals surface area contributed by atoms with Crippen molar-refractivity contribution in [2.75, 3.05) is 13.1 Å². The van der Waals surface area contributed by atoms with E-state index in [2.05, 4.69) is 9.97 Å². The van der Waals surface area contributed by atoms with E-state index >= 15 is 0 Å². The fraction of sp³-hybridized carbons (Fsp3) is 0.238. The number of aromatic nitrogens is 2. The molecule has 0 atom stereocenters. The van der Waals surface area contributed by atoms with Gasteiger partial charge in [-0.05, 0) is 48.7 Å². The third-order valence-corrected chi connectivity index (χ3v) is 4.72. The van der Waals surface area contributed by atoms with E-state index in [0.29, 0.717) is 17.9 Å². The predicted octanol–water partition coefficient (Wildman–Crippen LogP) is 4.08. The molecule has 0 radical (unpaired) electrons. The Morgan fingerprint density at radius 1 is 1.18 bits per heavy atom. The lowest BCUT2D eigenvalue weighted by Crippen LogP contribution is -2.31. The number of fused-ring (bicyclic) bond motifs is 1. The number of benzene rings is 1. The number of aryl methyl sites for hydroxylation is 1.